The van der Waals surface area contributed by atoms with Gasteiger partial charge in [-0.1, -0.05) is 23.7 Å². The van der Waals surface area contributed by atoms with Gasteiger partial charge in [0.2, 0.25) is 5.75 Å². The van der Waals surface area contributed by atoms with Crippen molar-refractivity contribution >= 4 is 17.6 Å². The van der Waals surface area contributed by atoms with Gasteiger partial charge in [-0.05, 0) is 42.3 Å². The van der Waals surface area contributed by atoms with Crippen LogP contribution in [0.2, 0.25) is 5.02 Å². The van der Waals surface area contributed by atoms with Crippen molar-refractivity contribution in [1.82, 2.24) is 10.6 Å². The first-order chi connectivity index (χ1) is 13.1. The molecule has 6 nitrogen and oxygen atoms in total. The third-order valence-electron chi connectivity index (χ3n) is 3.84. The first kappa shape index (κ1) is 20.7. The van der Waals surface area contributed by atoms with Crippen LogP contribution in [0.1, 0.15) is 18.1 Å². The predicted molar refractivity (Wildman–Crippen MR) is 109 cm³/mol. The van der Waals surface area contributed by atoms with Gasteiger partial charge in [-0.15, -0.1) is 0 Å². The third kappa shape index (κ3) is 5.96. The highest BCUT2D eigenvalue weighted by Gasteiger charge is 2.13. The van der Waals surface area contributed by atoms with Crippen molar-refractivity contribution in [3.8, 4) is 17.2 Å². The summed E-state index contributed by atoms with van der Waals surface area (Å²) in [5.41, 5.74) is 2.03. The lowest BCUT2D eigenvalue weighted by molar-refractivity contribution is 0.324. The van der Waals surface area contributed by atoms with Crippen molar-refractivity contribution in [1.29, 1.82) is 0 Å². The van der Waals surface area contributed by atoms with Gasteiger partial charge in [-0.3, -0.25) is 0 Å². The average Bonchev–Trinajstić information content (AvgIpc) is 2.69. The van der Waals surface area contributed by atoms with Gasteiger partial charge in [0.15, 0.2) is 17.5 Å². The van der Waals surface area contributed by atoms with E-state index in [0.29, 0.717) is 41.3 Å². The summed E-state index contributed by atoms with van der Waals surface area (Å²) in [6.07, 6.45) is 0. The molecule has 0 heterocycles. The van der Waals surface area contributed by atoms with Gasteiger partial charge in [0.1, 0.15) is 0 Å². The van der Waals surface area contributed by atoms with Crippen LogP contribution in [0.4, 0.5) is 0 Å². The highest BCUT2D eigenvalue weighted by molar-refractivity contribution is 6.30. The molecule has 2 rings (SSSR count). The molecule has 0 saturated heterocycles. The SMILES string of the molecule is CCNC(=NCc1cc(OC)c(OC)c(OC)c1)NCc1cccc(Cl)c1. The number of benzene rings is 2. The van der Waals surface area contributed by atoms with E-state index in [1.54, 1.807) is 21.3 Å². The molecular formula is C20H26ClN3O3. The normalized spacial score (nSPS) is 11.1. The van der Waals surface area contributed by atoms with Crippen molar-refractivity contribution in [2.75, 3.05) is 27.9 Å². The van der Waals surface area contributed by atoms with Crippen molar-refractivity contribution in [2.24, 2.45) is 4.99 Å². The predicted octanol–water partition coefficient (Wildman–Crippen LogP) is 3.62. The molecule has 0 aliphatic rings. The molecule has 0 spiro atoms. The highest BCUT2D eigenvalue weighted by atomic mass is 35.5. The van der Waals surface area contributed by atoms with E-state index in [4.69, 9.17) is 25.8 Å². The second-order valence-electron chi connectivity index (χ2n) is 5.71. The van der Waals surface area contributed by atoms with Crippen LogP contribution in [0, 0.1) is 0 Å². The van der Waals surface area contributed by atoms with Gasteiger partial charge < -0.3 is 24.8 Å². The third-order valence-corrected chi connectivity index (χ3v) is 4.07. The zero-order chi connectivity index (χ0) is 19.6. The van der Waals surface area contributed by atoms with Crippen molar-refractivity contribution < 1.29 is 14.2 Å². The van der Waals surface area contributed by atoms with Crippen LogP contribution >= 0.6 is 11.6 Å². The standard InChI is InChI=1S/C20H26ClN3O3/c1-5-22-20(23-12-14-7-6-8-16(21)9-14)24-13-15-10-17(25-2)19(27-4)18(11-15)26-3/h6-11H,5,12-13H2,1-4H3,(H2,22,23,24). The number of guanidine groups is 1. The van der Waals surface area contributed by atoms with Gasteiger partial charge in [-0.25, -0.2) is 4.99 Å². The average molecular weight is 392 g/mol. The van der Waals surface area contributed by atoms with Crippen LogP contribution in [0.15, 0.2) is 41.4 Å². The van der Waals surface area contributed by atoms with Crippen LogP contribution in [0.25, 0.3) is 0 Å². The lowest BCUT2D eigenvalue weighted by atomic mass is 10.2. The van der Waals surface area contributed by atoms with E-state index in [-0.39, 0.29) is 0 Å². The van der Waals surface area contributed by atoms with Gasteiger partial charge in [0, 0.05) is 18.1 Å². The first-order valence-corrected chi connectivity index (χ1v) is 9.04. The van der Waals surface area contributed by atoms with Crippen molar-refractivity contribution in [3.63, 3.8) is 0 Å². The fourth-order valence-electron chi connectivity index (χ4n) is 2.57. The summed E-state index contributed by atoms with van der Waals surface area (Å²) >= 11 is 6.04. The maximum absolute atomic E-state index is 6.04. The molecule has 0 unspecified atom stereocenters. The molecule has 0 fully saturated rings. The molecule has 27 heavy (non-hydrogen) atoms. The number of nitrogens with zero attached hydrogens (tertiary/aromatic N) is 1. The van der Waals surface area contributed by atoms with Crippen LogP contribution in [-0.2, 0) is 13.1 Å². The maximum Gasteiger partial charge on any atom is 0.203 e. The maximum atomic E-state index is 6.04. The molecule has 2 aromatic carbocycles. The summed E-state index contributed by atoms with van der Waals surface area (Å²) in [5.74, 6) is 2.50. The molecule has 0 bridgehead atoms. The Kier molecular flexibility index (Phi) is 8.07. The molecule has 0 amide bonds. The number of hydrogen-bond donors (Lipinski definition) is 2. The largest absolute Gasteiger partial charge is 0.493 e. The minimum atomic E-state index is 0.460. The molecule has 2 N–H and O–H groups in total. The Morgan fingerprint density at radius 1 is 0.963 bits per heavy atom. The Hall–Kier alpha value is -2.60. The summed E-state index contributed by atoms with van der Waals surface area (Å²) in [6, 6.07) is 11.5. The second kappa shape index (κ2) is 10.5. The molecule has 0 aromatic heterocycles. The van der Waals surface area contributed by atoms with E-state index < -0.39 is 0 Å². The van der Waals surface area contributed by atoms with Crippen molar-refractivity contribution in [2.45, 2.75) is 20.0 Å². The second-order valence-corrected chi connectivity index (χ2v) is 6.15. The lowest BCUT2D eigenvalue weighted by Crippen LogP contribution is -2.36. The van der Waals surface area contributed by atoms with E-state index in [1.807, 2.05) is 43.3 Å². The molecule has 0 atom stereocenters. The number of hydrogen-bond acceptors (Lipinski definition) is 4. The summed E-state index contributed by atoms with van der Waals surface area (Å²) in [7, 11) is 4.78. The van der Waals surface area contributed by atoms with E-state index in [0.717, 1.165) is 17.7 Å². The summed E-state index contributed by atoms with van der Waals surface area (Å²) in [5, 5.41) is 7.26. The molecule has 0 saturated carbocycles. The fourth-order valence-corrected chi connectivity index (χ4v) is 2.78. The Balaban J connectivity index is 2.13. The van der Waals surface area contributed by atoms with E-state index in [9.17, 15) is 0 Å². The van der Waals surface area contributed by atoms with Crippen LogP contribution in [0.3, 0.4) is 0 Å². The van der Waals surface area contributed by atoms with Gasteiger partial charge >= 0.3 is 0 Å². The van der Waals surface area contributed by atoms with E-state index in [1.165, 1.54) is 0 Å². The summed E-state index contributed by atoms with van der Waals surface area (Å²) in [6.45, 7) is 3.87. The molecule has 0 radical (unpaired) electrons. The molecule has 0 aliphatic carbocycles. The summed E-state index contributed by atoms with van der Waals surface area (Å²) < 4.78 is 16.1. The minimum Gasteiger partial charge on any atom is -0.493 e. The number of halogens is 1. The first-order valence-electron chi connectivity index (χ1n) is 8.66. The summed E-state index contributed by atoms with van der Waals surface area (Å²) in [4.78, 5) is 4.64. The molecule has 146 valence electrons. The Bertz CT molecular complexity index is 756. The van der Waals surface area contributed by atoms with E-state index >= 15 is 0 Å². The monoisotopic (exact) mass is 391 g/mol. The smallest absolute Gasteiger partial charge is 0.203 e. The topological polar surface area (TPSA) is 64.1 Å². The molecular weight excluding hydrogens is 366 g/mol. The number of ether oxygens (including phenoxy) is 3. The Morgan fingerprint density at radius 2 is 1.67 bits per heavy atom. The highest BCUT2D eigenvalue weighted by Crippen LogP contribution is 2.38. The zero-order valence-corrected chi connectivity index (χ0v) is 16.9. The molecule has 0 aliphatic heterocycles. The fraction of sp³-hybridized carbons (Fsp3) is 0.350. The zero-order valence-electron chi connectivity index (χ0n) is 16.1. The number of methoxy groups -OCH3 is 3. The number of rotatable bonds is 8. The van der Waals surface area contributed by atoms with E-state index in [2.05, 4.69) is 15.6 Å². The molecule has 7 heteroatoms. The van der Waals surface area contributed by atoms with Crippen LogP contribution in [-0.4, -0.2) is 33.8 Å². The van der Waals surface area contributed by atoms with Crippen LogP contribution < -0.4 is 24.8 Å². The van der Waals surface area contributed by atoms with Crippen molar-refractivity contribution in [3.05, 3.63) is 52.5 Å². The Labute approximate surface area is 165 Å². The number of aliphatic imine (C=N–C) groups is 1. The molecule has 2 aromatic rings. The van der Waals surface area contributed by atoms with Crippen LogP contribution in [0.5, 0.6) is 17.2 Å². The quantitative estimate of drug-likeness (QED) is 0.531. The number of nitrogens with one attached hydrogen (secondary N) is 2. The Morgan fingerprint density at radius 3 is 2.22 bits per heavy atom. The minimum absolute atomic E-state index is 0.460. The van der Waals surface area contributed by atoms with Gasteiger partial charge in [-0.2, -0.15) is 0 Å². The lowest BCUT2D eigenvalue weighted by Gasteiger charge is -2.14. The van der Waals surface area contributed by atoms with Gasteiger partial charge in [0.25, 0.3) is 0 Å². The van der Waals surface area contributed by atoms with Gasteiger partial charge in [0.05, 0.1) is 27.9 Å².